The van der Waals surface area contributed by atoms with E-state index in [1.54, 1.807) is 9.21 Å². The lowest BCUT2D eigenvalue weighted by molar-refractivity contribution is -0.151. The Morgan fingerprint density at radius 3 is 2.33 bits per heavy atom. The molecule has 2 saturated heterocycles. The molecule has 0 unspecified atom stereocenters. The molecule has 1 aliphatic carbocycles. The zero-order valence-corrected chi connectivity index (χ0v) is 32.4. The molecular formula is C39H59FN4O7S. The molecule has 1 aromatic carbocycles. The lowest BCUT2D eigenvalue weighted by atomic mass is 9.91. The number of hydrogen-bond donors (Lipinski definition) is 1. The summed E-state index contributed by atoms with van der Waals surface area (Å²) in [5.74, 6) is -1.34. The Morgan fingerprint density at radius 2 is 1.65 bits per heavy atom. The minimum Gasteiger partial charge on any atom is -0.457 e. The van der Waals surface area contributed by atoms with Crippen molar-refractivity contribution in [2.24, 2.45) is 11.8 Å². The molecule has 290 valence electrons. The molecule has 3 fully saturated rings. The van der Waals surface area contributed by atoms with E-state index in [9.17, 15) is 23.1 Å². The van der Waals surface area contributed by atoms with Crippen molar-refractivity contribution in [1.82, 2.24) is 14.1 Å². The molecule has 4 aliphatic rings. The summed E-state index contributed by atoms with van der Waals surface area (Å²) in [6, 6.07) is 4.88. The average molecular weight is 747 g/mol. The first kappa shape index (κ1) is 40.2. The minimum atomic E-state index is -3.29. The summed E-state index contributed by atoms with van der Waals surface area (Å²) < 4.78 is 55.1. The standard InChI is InChI=1S/C39H59FN4O7S/c1-27-10-12-34(45)26-37(46)51-38(28(2)11-13-36(27)50-39(47)43-20-18-41(4)19-21-43)29(3)22-30-23-31(40)25-33(24-30)42(5)32-14-16-44(17-15-32)52(48,49)35-8-6-7-9-35/h11,13,22-25,27-28,32,34-36,38,45H,6-10,12,14-21,26H2,1-5H3/b13-11-,29-22+/t27-,28-,34+,36-,38-/m0/s1. The van der Waals surface area contributed by atoms with E-state index in [4.69, 9.17) is 9.47 Å². The van der Waals surface area contributed by atoms with Gasteiger partial charge in [0.1, 0.15) is 18.0 Å². The van der Waals surface area contributed by atoms with Crippen LogP contribution in [0.3, 0.4) is 0 Å². The van der Waals surface area contributed by atoms with Crippen molar-refractivity contribution in [2.75, 3.05) is 58.3 Å². The fourth-order valence-corrected chi connectivity index (χ4v) is 10.0. The number of nitrogens with zero attached hydrogens (tertiary/aromatic N) is 4. The second kappa shape index (κ2) is 17.9. The molecule has 3 heterocycles. The summed E-state index contributed by atoms with van der Waals surface area (Å²) in [6.45, 7) is 9.40. The highest BCUT2D eigenvalue weighted by molar-refractivity contribution is 7.89. The van der Waals surface area contributed by atoms with Crippen LogP contribution < -0.4 is 4.90 Å². The predicted molar refractivity (Wildman–Crippen MR) is 201 cm³/mol. The van der Waals surface area contributed by atoms with E-state index in [1.165, 1.54) is 12.1 Å². The highest BCUT2D eigenvalue weighted by Crippen LogP contribution is 2.32. The monoisotopic (exact) mass is 746 g/mol. The summed E-state index contributed by atoms with van der Waals surface area (Å²) >= 11 is 0. The van der Waals surface area contributed by atoms with E-state index in [0.717, 1.165) is 38.8 Å². The fourth-order valence-electron chi connectivity index (χ4n) is 7.95. The summed E-state index contributed by atoms with van der Waals surface area (Å²) in [5.41, 5.74) is 1.98. The number of likely N-dealkylation sites (N-methyl/N-ethyl adjacent to an activating group) is 1. The summed E-state index contributed by atoms with van der Waals surface area (Å²) in [4.78, 5) is 32.1. The Morgan fingerprint density at radius 1 is 0.981 bits per heavy atom. The van der Waals surface area contributed by atoms with Crippen LogP contribution in [-0.2, 0) is 24.3 Å². The average Bonchev–Trinajstić information content (AvgIpc) is 3.67. The second-order valence-corrected chi connectivity index (χ2v) is 17.7. The number of piperidine rings is 1. The van der Waals surface area contributed by atoms with Gasteiger partial charge in [0.15, 0.2) is 0 Å². The number of amides is 1. The maximum atomic E-state index is 15.1. The van der Waals surface area contributed by atoms with Gasteiger partial charge in [-0.3, -0.25) is 4.79 Å². The van der Waals surface area contributed by atoms with Crippen LogP contribution in [0.5, 0.6) is 0 Å². The molecule has 0 radical (unpaired) electrons. The molecule has 13 heteroatoms. The topological polar surface area (TPSA) is 120 Å². The summed E-state index contributed by atoms with van der Waals surface area (Å²) in [5, 5.41) is 10.4. The molecule has 3 aliphatic heterocycles. The van der Waals surface area contributed by atoms with E-state index in [2.05, 4.69) is 4.90 Å². The largest absolute Gasteiger partial charge is 0.457 e. The number of cyclic esters (lactones) is 1. The van der Waals surface area contributed by atoms with Crippen LogP contribution in [0.1, 0.15) is 84.1 Å². The number of benzene rings is 1. The maximum absolute atomic E-state index is 15.1. The molecule has 52 heavy (non-hydrogen) atoms. The van der Waals surface area contributed by atoms with E-state index in [0.29, 0.717) is 68.7 Å². The molecule has 1 saturated carbocycles. The predicted octanol–water partition coefficient (Wildman–Crippen LogP) is 5.44. The van der Waals surface area contributed by atoms with Crippen LogP contribution in [0, 0.1) is 17.7 Å². The number of carbonyl (C=O) groups is 2. The molecule has 5 atom stereocenters. The van der Waals surface area contributed by atoms with Gasteiger partial charge >= 0.3 is 12.1 Å². The van der Waals surface area contributed by atoms with Gasteiger partial charge in [0.25, 0.3) is 0 Å². The first-order valence-corrected chi connectivity index (χ1v) is 20.6. The van der Waals surface area contributed by atoms with Crippen LogP contribution in [0.4, 0.5) is 14.9 Å². The zero-order chi connectivity index (χ0) is 37.6. The maximum Gasteiger partial charge on any atom is 0.410 e. The van der Waals surface area contributed by atoms with Crippen LogP contribution in [0.2, 0.25) is 0 Å². The number of aliphatic hydroxyl groups excluding tert-OH is 1. The summed E-state index contributed by atoms with van der Waals surface area (Å²) in [6.07, 6.45) is 8.57. The number of sulfonamides is 1. The molecule has 1 aromatic rings. The first-order valence-electron chi connectivity index (χ1n) is 19.1. The number of carbonyl (C=O) groups excluding carboxylic acids is 2. The normalized spacial score (nSPS) is 29.2. The van der Waals surface area contributed by atoms with Gasteiger partial charge in [-0.05, 0) is 93.8 Å². The molecule has 0 aromatic heterocycles. The highest BCUT2D eigenvalue weighted by atomic mass is 32.2. The van der Waals surface area contributed by atoms with Gasteiger partial charge in [-0.1, -0.05) is 38.8 Å². The molecule has 1 N–H and O–H groups in total. The number of esters is 1. The Balaban J connectivity index is 1.30. The quantitative estimate of drug-likeness (QED) is 0.288. The third kappa shape index (κ3) is 10.4. The Kier molecular flexibility index (Phi) is 13.8. The van der Waals surface area contributed by atoms with Crippen LogP contribution >= 0.6 is 0 Å². The Bertz CT molecular complexity index is 1550. The SMILES string of the molecule is C/C(=C\c1cc(F)cc(N(C)C2CCN(S(=O)(=O)C3CCCC3)CC2)c1)[C@H]1OC(=O)C[C@H](O)CC[C@H](C)[C@@H](OC(=O)N2CCN(C)CC2)/C=C\[C@@H]1C. The zero-order valence-electron chi connectivity index (χ0n) is 31.6. The van der Waals surface area contributed by atoms with Gasteiger partial charge in [0.05, 0.1) is 17.8 Å². The molecule has 1 amide bonds. The van der Waals surface area contributed by atoms with Crippen LogP contribution in [0.15, 0.2) is 35.9 Å². The first-order chi connectivity index (χ1) is 24.7. The number of aliphatic hydroxyl groups is 1. The molecule has 0 spiro atoms. The van der Waals surface area contributed by atoms with E-state index >= 15 is 4.39 Å². The van der Waals surface area contributed by atoms with Crippen molar-refractivity contribution >= 4 is 33.8 Å². The van der Waals surface area contributed by atoms with E-state index < -0.39 is 40.1 Å². The summed E-state index contributed by atoms with van der Waals surface area (Å²) in [7, 11) is 0.656. The van der Waals surface area contributed by atoms with Gasteiger partial charge in [-0.15, -0.1) is 0 Å². The third-order valence-corrected chi connectivity index (χ3v) is 13.9. The lowest BCUT2D eigenvalue weighted by Crippen LogP contribution is -2.48. The lowest BCUT2D eigenvalue weighted by Gasteiger charge is -2.38. The van der Waals surface area contributed by atoms with Crippen molar-refractivity contribution in [3.63, 3.8) is 0 Å². The number of halogens is 1. The van der Waals surface area contributed by atoms with Crippen LogP contribution in [0.25, 0.3) is 6.08 Å². The number of hydrogen-bond acceptors (Lipinski definition) is 9. The fraction of sp³-hybridized carbons (Fsp3) is 0.692. The number of rotatable bonds is 7. The van der Waals surface area contributed by atoms with Gasteiger partial charge in [0.2, 0.25) is 10.0 Å². The van der Waals surface area contributed by atoms with Crippen molar-refractivity contribution < 1.29 is 37.0 Å². The van der Waals surface area contributed by atoms with E-state index in [1.807, 2.05) is 64.1 Å². The minimum absolute atomic E-state index is 0.0549. The molecule has 5 rings (SSSR count). The van der Waals surface area contributed by atoms with Crippen molar-refractivity contribution in [3.8, 4) is 0 Å². The van der Waals surface area contributed by atoms with E-state index in [-0.39, 0.29) is 35.6 Å². The molecule has 0 bridgehead atoms. The second-order valence-electron chi connectivity index (χ2n) is 15.5. The Labute approximate surface area is 309 Å². The number of piperazine rings is 1. The number of anilines is 1. The van der Waals surface area contributed by atoms with Crippen molar-refractivity contribution in [3.05, 3.63) is 47.3 Å². The van der Waals surface area contributed by atoms with Crippen LogP contribution in [-0.4, -0.2) is 123 Å². The van der Waals surface area contributed by atoms with Gasteiger partial charge in [0, 0.05) is 64.0 Å². The van der Waals surface area contributed by atoms with Crippen molar-refractivity contribution in [2.45, 2.75) is 108 Å². The number of ether oxygens (including phenoxy) is 2. The third-order valence-electron chi connectivity index (χ3n) is 11.5. The highest BCUT2D eigenvalue weighted by Gasteiger charge is 2.37. The van der Waals surface area contributed by atoms with Gasteiger partial charge < -0.3 is 29.3 Å². The molecular weight excluding hydrogens is 688 g/mol. The molecule has 11 nitrogen and oxygen atoms in total. The van der Waals surface area contributed by atoms with Crippen molar-refractivity contribution in [1.29, 1.82) is 0 Å². The van der Waals surface area contributed by atoms with Gasteiger partial charge in [-0.2, -0.15) is 0 Å². The van der Waals surface area contributed by atoms with Gasteiger partial charge in [-0.25, -0.2) is 21.9 Å². The smallest absolute Gasteiger partial charge is 0.410 e. The Hall–Kier alpha value is -3.00.